The minimum Gasteiger partial charge on any atom is -0.323 e. The first-order valence-corrected chi connectivity index (χ1v) is 8.87. The molecule has 2 aromatic carbocycles. The smallest absolute Gasteiger partial charge is 0.242 e. The van der Waals surface area contributed by atoms with Gasteiger partial charge in [0.15, 0.2) is 0 Å². The number of carbonyl (C=O) groups excluding carboxylic acids is 2. The summed E-state index contributed by atoms with van der Waals surface area (Å²) in [5, 5.41) is 3.44. The second-order valence-electron chi connectivity index (χ2n) is 6.02. The van der Waals surface area contributed by atoms with Crippen LogP contribution in [0.2, 0.25) is 10.0 Å². The lowest BCUT2D eigenvalue weighted by Gasteiger charge is -2.26. The van der Waals surface area contributed by atoms with E-state index in [2.05, 4.69) is 5.32 Å². The van der Waals surface area contributed by atoms with Gasteiger partial charge < -0.3 is 10.2 Å². The number of hydrogen-bond donors (Lipinski definition) is 1. The summed E-state index contributed by atoms with van der Waals surface area (Å²) in [6.07, 6.45) is 1.03. The van der Waals surface area contributed by atoms with Crippen LogP contribution in [0.4, 0.5) is 11.4 Å². The summed E-state index contributed by atoms with van der Waals surface area (Å²) in [5.41, 5.74) is 0.0801. The average Bonchev–Trinajstić information content (AvgIpc) is 3.42. The van der Waals surface area contributed by atoms with Crippen molar-refractivity contribution < 1.29 is 9.59 Å². The maximum Gasteiger partial charge on any atom is 0.242 e. The number of nitrogens with one attached hydrogen (secondary N) is 1. The number of halogens is 2. The molecule has 2 aromatic rings. The van der Waals surface area contributed by atoms with E-state index in [4.69, 9.17) is 23.2 Å². The van der Waals surface area contributed by atoms with Gasteiger partial charge in [-0.25, -0.2) is 0 Å². The number of amides is 2. The zero-order valence-electron chi connectivity index (χ0n) is 13.8. The van der Waals surface area contributed by atoms with E-state index in [1.165, 1.54) is 0 Å². The second kappa shape index (κ2) is 7.06. The van der Waals surface area contributed by atoms with Crippen LogP contribution in [0.1, 0.15) is 19.8 Å². The second-order valence-corrected chi connectivity index (χ2v) is 6.83. The van der Waals surface area contributed by atoms with Crippen LogP contribution in [-0.2, 0) is 9.59 Å². The molecule has 0 atom stereocenters. The van der Waals surface area contributed by atoms with Crippen LogP contribution in [0.3, 0.4) is 0 Å². The van der Waals surface area contributed by atoms with Crippen molar-refractivity contribution in [2.45, 2.75) is 19.8 Å². The molecule has 25 heavy (non-hydrogen) atoms. The molecule has 6 heteroatoms. The molecule has 2 amide bonds. The van der Waals surface area contributed by atoms with Gasteiger partial charge in [0.25, 0.3) is 0 Å². The lowest BCUT2D eigenvalue weighted by molar-refractivity contribution is -0.132. The molecule has 0 bridgehead atoms. The van der Waals surface area contributed by atoms with Crippen LogP contribution in [0.25, 0.3) is 0 Å². The maximum absolute atomic E-state index is 13.1. The normalized spacial score (nSPS) is 14.7. The Bertz CT molecular complexity index is 784. The maximum atomic E-state index is 13.1. The van der Waals surface area contributed by atoms with Crippen molar-refractivity contribution in [3.63, 3.8) is 0 Å². The van der Waals surface area contributed by atoms with E-state index in [1.54, 1.807) is 23.1 Å². The fraction of sp³-hybridized carbons (Fsp3) is 0.263. The summed E-state index contributed by atoms with van der Waals surface area (Å²) >= 11 is 12.2. The van der Waals surface area contributed by atoms with Crippen LogP contribution in [0, 0.1) is 5.41 Å². The Hall–Kier alpha value is -2.04. The Morgan fingerprint density at radius 3 is 2.16 bits per heavy atom. The van der Waals surface area contributed by atoms with Crippen LogP contribution in [-0.4, -0.2) is 18.4 Å². The van der Waals surface area contributed by atoms with E-state index < -0.39 is 5.41 Å². The van der Waals surface area contributed by atoms with E-state index >= 15 is 0 Å². The molecular formula is C19H18Cl2N2O2. The van der Waals surface area contributed by atoms with E-state index in [-0.39, 0.29) is 11.8 Å². The van der Waals surface area contributed by atoms with E-state index in [1.807, 2.05) is 37.3 Å². The van der Waals surface area contributed by atoms with Gasteiger partial charge in [-0.05, 0) is 44.0 Å². The van der Waals surface area contributed by atoms with Crippen LogP contribution in [0.15, 0.2) is 48.5 Å². The quantitative estimate of drug-likeness (QED) is 0.764. The minimum absolute atomic E-state index is 0.193. The van der Waals surface area contributed by atoms with Crippen molar-refractivity contribution >= 4 is 46.4 Å². The Morgan fingerprint density at radius 1 is 1.04 bits per heavy atom. The van der Waals surface area contributed by atoms with Crippen molar-refractivity contribution in [1.82, 2.24) is 0 Å². The molecule has 0 saturated heterocycles. The first-order chi connectivity index (χ1) is 12.0. The largest absolute Gasteiger partial charge is 0.323 e. The van der Waals surface area contributed by atoms with Gasteiger partial charge in [0.1, 0.15) is 5.41 Å². The molecule has 0 heterocycles. The molecule has 0 unspecified atom stereocenters. The number of benzene rings is 2. The van der Waals surface area contributed by atoms with Gasteiger partial charge >= 0.3 is 0 Å². The van der Waals surface area contributed by atoms with Crippen molar-refractivity contribution in [1.29, 1.82) is 0 Å². The number of rotatable bonds is 5. The lowest BCUT2D eigenvalue weighted by Crippen LogP contribution is -2.43. The molecule has 1 saturated carbocycles. The Balaban J connectivity index is 1.84. The van der Waals surface area contributed by atoms with Crippen molar-refractivity contribution in [2.24, 2.45) is 5.41 Å². The summed E-state index contributed by atoms with van der Waals surface area (Å²) in [5.74, 6) is -0.552. The number of hydrogen-bond acceptors (Lipinski definition) is 2. The first kappa shape index (κ1) is 17.8. The molecule has 3 rings (SSSR count). The van der Waals surface area contributed by atoms with Crippen molar-refractivity contribution in [3.8, 4) is 0 Å². The minimum atomic E-state index is -1.05. The highest BCUT2D eigenvalue weighted by atomic mass is 35.5. The molecule has 1 aliphatic rings. The highest BCUT2D eigenvalue weighted by molar-refractivity contribution is 6.40. The van der Waals surface area contributed by atoms with Gasteiger partial charge in [0, 0.05) is 12.2 Å². The van der Waals surface area contributed by atoms with Gasteiger partial charge in [0.05, 0.1) is 15.7 Å². The monoisotopic (exact) mass is 376 g/mol. The summed E-state index contributed by atoms with van der Waals surface area (Å²) < 4.78 is 0. The van der Waals surface area contributed by atoms with Crippen LogP contribution < -0.4 is 10.2 Å². The molecular weight excluding hydrogens is 359 g/mol. The van der Waals surface area contributed by atoms with Gasteiger partial charge in [0.2, 0.25) is 11.8 Å². The lowest BCUT2D eigenvalue weighted by atomic mass is 10.0. The number of para-hydroxylation sites is 2. The van der Waals surface area contributed by atoms with E-state index in [0.717, 1.165) is 5.69 Å². The predicted molar refractivity (Wildman–Crippen MR) is 101 cm³/mol. The third-order valence-electron chi connectivity index (χ3n) is 4.42. The first-order valence-electron chi connectivity index (χ1n) is 8.12. The Labute approximate surface area is 156 Å². The molecule has 1 aliphatic carbocycles. The summed E-state index contributed by atoms with van der Waals surface area (Å²) in [7, 11) is 0. The number of nitrogens with zero attached hydrogens (tertiary/aromatic N) is 1. The number of anilines is 2. The average molecular weight is 377 g/mol. The summed E-state index contributed by atoms with van der Waals surface area (Å²) in [4.78, 5) is 27.5. The van der Waals surface area contributed by atoms with Gasteiger partial charge in [-0.2, -0.15) is 0 Å². The highest BCUT2D eigenvalue weighted by Crippen LogP contribution is 2.49. The number of carbonyl (C=O) groups is 2. The molecule has 1 N–H and O–H groups in total. The van der Waals surface area contributed by atoms with Gasteiger partial charge in [-0.3, -0.25) is 9.59 Å². The predicted octanol–water partition coefficient (Wildman–Crippen LogP) is 4.77. The fourth-order valence-electron chi connectivity index (χ4n) is 2.82. The van der Waals surface area contributed by atoms with Crippen LogP contribution >= 0.6 is 23.2 Å². The van der Waals surface area contributed by atoms with Gasteiger partial charge in [-0.15, -0.1) is 0 Å². The van der Waals surface area contributed by atoms with Crippen LogP contribution in [0.5, 0.6) is 0 Å². The molecule has 0 radical (unpaired) electrons. The molecule has 0 aromatic heterocycles. The molecule has 130 valence electrons. The molecule has 1 fully saturated rings. The summed E-state index contributed by atoms with van der Waals surface area (Å²) in [6, 6.07) is 14.3. The summed E-state index contributed by atoms with van der Waals surface area (Å²) in [6.45, 7) is 2.38. The highest BCUT2D eigenvalue weighted by Gasteiger charge is 2.58. The van der Waals surface area contributed by atoms with Gasteiger partial charge in [-0.1, -0.05) is 47.5 Å². The Kier molecular flexibility index (Phi) is 5.02. The third kappa shape index (κ3) is 3.37. The fourth-order valence-corrected chi connectivity index (χ4v) is 3.32. The topological polar surface area (TPSA) is 49.4 Å². The van der Waals surface area contributed by atoms with E-state index in [0.29, 0.717) is 35.1 Å². The van der Waals surface area contributed by atoms with Crippen molar-refractivity contribution in [3.05, 3.63) is 58.6 Å². The SMILES string of the molecule is CCN(C(=O)C1(C(=O)Nc2c(Cl)cccc2Cl)CC1)c1ccccc1. The molecule has 0 spiro atoms. The molecule has 0 aliphatic heterocycles. The third-order valence-corrected chi connectivity index (χ3v) is 5.05. The standard InChI is InChI=1S/C19H18Cl2N2O2/c1-2-23(13-7-4-3-5-8-13)18(25)19(11-12-19)17(24)22-16-14(20)9-6-10-15(16)21/h3-10H,2,11-12H2,1H3,(H,22,24). The van der Waals surface area contributed by atoms with E-state index in [9.17, 15) is 9.59 Å². The Morgan fingerprint density at radius 2 is 1.64 bits per heavy atom. The van der Waals surface area contributed by atoms with Crippen molar-refractivity contribution in [2.75, 3.05) is 16.8 Å². The zero-order chi connectivity index (χ0) is 18.0. The zero-order valence-corrected chi connectivity index (χ0v) is 15.3. The molecule has 4 nitrogen and oxygen atoms in total.